The van der Waals surface area contributed by atoms with Gasteiger partial charge in [0.1, 0.15) is 0 Å². The number of aryl methyl sites for hydroxylation is 1. The van der Waals surface area contributed by atoms with E-state index in [9.17, 15) is 0 Å². The van der Waals surface area contributed by atoms with Crippen LogP contribution in [0.25, 0.3) is 111 Å². The van der Waals surface area contributed by atoms with Crippen molar-refractivity contribution in [2.75, 3.05) is 0 Å². The lowest BCUT2D eigenvalue weighted by Gasteiger charge is -2.17. The molecule has 12 aromatic rings. The van der Waals surface area contributed by atoms with Gasteiger partial charge in [0.25, 0.3) is 0 Å². The minimum absolute atomic E-state index is 0.597. The molecule has 0 spiro atoms. The average Bonchev–Trinajstić information content (AvgIpc) is 3.86. The number of hydrogen-bond acceptors (Lipinski definition) is 3. The third-order valence-corrected chi connectivity index (χ3v) is 12.3. The van der Waals surface area contributed by atoms with Gasteiger partial charge in [-0.2, -0.15) is 0 Å². The van der Waals surface area contributed by atoms with Crippen molar-refractivity contribution >= 4 is 43.6 Å². The molecule has 0 bridgehead atoms. The topological polar surface area (TPSA) is 48.5 Å². The van der Waals surface area contributed by atoms with Crippen LogP contribution in [0.15, 0.2) is 218 Å². The Morgan fingerprint density at radius 3 is 1.41 bits per heavy atom. The molecule has 0 aliphatic heterocycles. The molecule has 0 amide bonds. The number of para-hydroxylation sites is 3. The Labute approximate surface area is 364 Å². The van der Waals surface area contributed by atoms with Gasteiger partial charge in [-0.3, -0.25) is 0 Å². The average molecular weight is 806 g/mol. The van der Waals surface area contributed by atoms with Crippen LogP contribution in [-0.4, -0.2) is 24.1 Å². The summed E-state index contributed by atoms with van der Waals surface area (Å²) in [6.45, 7) is 2.18. The fourth-order valence-electron chi connectivity index (χ4n) is 9.32. The van der Waals surface area contributed by atoms with E-state index in [1.54, 1.807) is 0 Å². The van der Waals surface area contributed by atoms with E-state index in [0.717, 1.165) is 55.7 Å². The smallest absolute Gasteiger partial charge is 0.166 e. The number of aromatic nitrogens is 5. The molecule has 9 aromatic carbocycles. The zero-order valence-electron chi connectivity index (χ0n) is 34.5. The van der Waals surface area contributed by atoms with Crippen LogP contribution in [0.2, 0.25) is 0 Å². The molecule has 296 valence electrons. The largest absolute Gasteiger partial charge is 0.309 e. The third kappa shape index (κ3) is 6.21. The van der Waals surface area contributed by atoms with Gasteiger partial charge in [0.15, 0.2) is 17.5 Å². The molecule has 3 aromatic heterocycles. The van der Waals surface area contributed by atoms with Crippen molar-refractivity contribution in [1.29, 1.82) is 0 Å². The van der Waals surface area contributed by atoms with Crippen LogP contribution in [-0.2, 0) is 0 Å². The first kappa shape index (κ1) is 36.4. The van der Waals surface area contributed by atoms with Crippen molar-refractivity contribution < 1.29 is 0 Å². The first-order valence-corrected chi connectivity index (χ1v) is 21.4. The van der Waals surface area contributed by atoms with E-state index < -0.39 is 0 Å². The molecule has 0 radical (unpaired) electrons. The number of nitrogens with zero attached hydrogens (tertiary/aromatic N) is 5. The molecular weight excluding hydrogens is 767 g/mol. The number of fused-ring (bicyclic) bond motifs is 6. The summed E-state index contributed by atoms with van der Waals surface area (Å²) in [6.07, 6.45) is 0. The van der Waals surface area contributed by atoms with Gasteiger partial charge in [-0.15, -0.1) is 0 Å². The highest BCUT2D eigenvalue weighted by Crippen LogP contribution is 2.41. The molecule has 0 aliphatic rings. The number of hydrogen-bond donors (Lipinski definition) is 0. The van der Waals surface area contributed by atoms with Gasteiger partial charge in [0.05, 0.1) is 27.8 Å². The van der Waals surface area contributed by atoms with Crippen molar-refractivity contribution in [1.82, 2.24) is 24.1 Å². The lowest BCUT2D eigenvalue weighted by atomic mass is 9.98. The van der Waals surface area contributed by atoms with Crippen LogP contribution in [0.4, 0.5) is 0 Å². The zero-order chi connectivity index (χ0) is 41.9. The molecular formula is C58H39N5. The van der Waals surface area contributed by atoms with E-state index in [-0.39, 0.29) is 0 Å². The predicted molar refractivity (Wildman–Crippen MR) is 260 cm³/mol. The maximum atomic E-state index is 5.33. The zero-order valence-corrected chi connectivity index (χ0v) is 34.5. The lowest BCUT2D eigenvalue weighted by Crippen LogP contribution is -2.04. The maximum Gasteiger partial charge on any atom is 0.166 e. The number of benzene rings is 9. The van der Waals surface area contributed by atoms with E-state index in [0.29, 0.717) is 17.5 Å². The molecule has 0 fully saturated rings. The lowest BCUT2D eigenvalue weighted by molar-refractivity contribution is 1.06. The van der Waals surface area contributed by atoms with Crippen molar-refractivity contribution in [3.8, 4) is 67.8 Å². The van der Waals surface area contributed by atoms with Gasteiger partial charge in [0, 0.05) is 43.9 Å². The standard InChI is InChI=1S/C58H39N5/c1-38-17-11-12-24-45(38)43-30-33-49-47-26-14-16-28-52(47)63(55(49)37-43)53-34-31-41(42-29-32-48-46-25-13-15-27-51(46)62(54(48)36-42)44-22-9-4-10-23-44)35-50(53)58-60-56(39-18-5-2-6-19-39)59-57(61-58)40-20-7-3-8-21-40/h2-37H,1H3. The maximum absolute atomic E-state index is 5.33. The van der Waals surface area contributed by atoms with Crippen molar-refractivity contribution in [3.63, 3.8) is 0 Å². The summed E-state index contributed by atoms with van der Waals surface area (Å²) in [4.78, 5) is 15.8. The first-order chi connectivity index (χ1) is 31.2. The van der Waals surface area contributed by atoms with Crippen LogP contribution in [0, 0.1) is 6.92 Å². The summed E-state index contributed by atoms with van der Waals surface area (Å²) in [5.74, 6) is 1.84. The Morgan fingerprint density at radius 2 is 0.762 bits per heavy atom. The van der Waals surface area contributed by atoms with E-state index in [2.05, 4.69) is 198 Å². The van der Waals surface area contributed by atoms with Crippen LogP contribution in [0.3, 0.4) is 0 Å². The highest BCUT2D eigenvalue weighted by atomic mass is 15.1. The van der Waals surface area contributed by atoms with Gasteiger partial charge < -0.3 is 9.13 Å². The molecule has 0 aliphatic carbocycles. The van der Waals surface area contributed by atoms with Crippen LogP contribution >= 0.6 is 0 Å². The minimum atomic E-state index is 0.597. The van der Waals surface area contributed by atoms with Gasteiger partial charge in [-0.1, -0.05) is 170 Å². The second-order valence-corrected chi connectivity index (χ2v) is 16.1. The molecule has 0 unspecified atom stereocenters. The molecule has 0 N–H and O–H groups in total. The predicted octanol–water partition coefficient (Wildman–Crippen LogP) is 14.7. The van der Waals surface area contributed by atoms with Gasteiger partial charge in [0.2, 0.25) is 0 Å². The van der Waals surface area contributed by atoms with E-state index >= 15 is 0 Å². The summed E-state index contributed by atoms with van der Waals surface area (Å²) >= 11 is 0. The minimum Gasteiger partial charge on any atom is -0.309 e. The van der Waals surface area contributed by atoms with Crippen molar-refractivity contribution in [3.05, 3.63) is 224 Å². The fraction of sp³-hybridized carbons (Fsp3) is 0.0172. The molecule has 0 saturated heterocycles. The monoisotopic (exact) mass is 805 g/mol. The van der Waals surface area contributed by atoms with E-state index in [1.807, 2.05) is 36.4 Å². The van der Waals surface area contributed by atoms with Gasteiger partial charge in [-0.25, -0.2) is 15.0 Å². The Kier molecular flexibility index (Phi) is 8.64. The molecule has 3 heterocycles. The second-order valence-electron chi connectivity index (χ2n) is 16.1. The molecule has 0 saturated carbocycles. The second kappa shape index (κ2) is 14.9. The van der Waals surface area contributed by atoms with Crippen LogP contribution in [0.5, 0.6) is 0 Å². The molecule has 5 heteroatoms. The molecule has 63 heavy (non-hydrogen) atoms. The Morgan fingerprint density at radius 1 is 0.302 bits per heavy atom. The Bertz CT molecular complexity index is 3620. The third-order valence-electron chi connectivity index (χ3n) is 12.3. The van der Waals surface area contributed by atoms with Crippen molar-refractivity contribution in [2.45, 2.75) is 6.92 Å². The Hall–Kier alpha value is -8.41. The molecule has 5 nitrogen and oxygen atoms in total. The van der Waals surface area contributed by atoms with Crippen LogP contribution in [0.1, 0.15) is 5.56 Å². The van der Waals surface area contributed by atoms with Crippen LogP contribution < -0.4 is 0 Å². The summed E-state index contributed by atoms with van der Waals surface area (Å²) in [7, 11) is 0. The van der Waals surface area contributed by atoms with E-state index in [4.69, 9.17) is 15.0 Å². The quantitative estimate of drug-likeness (QED) is 0.161. The van der Waals surface area contributed by atoms with Gasteiger partial charge >= 0.3 is 0 Å². The van der Waals surface area contributed by atoms with Gasteiger partial charge in [-0.05, 0) is 83.3 Å². The summed E-state index contributed by atoms with van der Waals surface area (Å²) in [6, 6.07) is 77.5. The van der Waals surface area contributed by atoms with E-state index in [1.165, 1.54) is 43.8 Å². The molecule has 12 rings (SSSR count). The fourth-order valence-corrected chi connectivity index (χ4v) is 9.32. The Balaban J connectivity index is 1.15. The normalized spacial score (nSPS) is 11.6. The summed E-state index contributed by atoms with van der Waals surface area (Å²) < 4.78 is 4.77. The SMILES string of the molecule is Cc1ccccc1-c1ccc2c3ccccc3n(-c3ccc(-c4ccc5c6ccccc6n(-c6ccccc6)c5c4)cc3-c3nc(-c4ccccc4)nc(-c4ccccc4)n3)c2c1. The number of rotatable bonds is 7. The summed E-state index contributed by atoms with van der Waals surface area (Å²) in [5, 5.41) is 4.80. The highest BCUT2D eigenvalue weighted by Gasteiger charge is 2.22. The summed E-state index contributed by atoms with van der Waals surface area (Å²) in [5.41, 5.74) is 15.2. The first-order valence-electron chi connectivity index (χ1n) is 21.4. The molecule has 0 atom stereocenters. The van der Waals surface area contributed by atoms with Crippen molar-refractivity contribution in [2.24, 2.45) is 0 Å². The highest BCUT2D eigenvalue weighted by molar-refractivity contribution is 6.12.